The van der Waals surface area contributed by atoms with Crippen LogP contribution in [0.3, 0.4) is 0 Å². The monoisotopic (exact) mass is 182 g/mol. The summed E-state index contributed by atoms with van der Waals surface area (Å²) in [6.07, 6.45) is 6.99. The third kappa shape index (κ3) is 2.22. The number of aryl methyl sites for hydroxylation is 1. The number of aromatic nitrogens is 2. The first-order valence-electron chi connectivity index (χ1n) is 4.07. The van der Waals surface area contributed by atoms with Crippen molar-refractivity contribution in [2.45, 2.75) is 19.9 Å². The molecule has 0 atom stereocenters. The molecule has 1 aromatic heterocycles. The molecular formula is C9H11FN2O. The molecule has 0 unspecified atom stereocenters. The van der Waals surface area contributed by atoms with Gasteiger partial charge < -0.3 is 4.74 Å². The second-order valence-corrected chi connectivity index (χ2v) is 2.51. The van der Waals surface area contributed by atoms with Crippen molar-refractivity contribution in [2.75, 3.05) is 6.61 Å². The first-order chi connectivity index (χ1) is 6.29. The quantitative estimate of drug-likeness (QED) is 0.659. The molecule has 0 aliphatic carbocycles. The summed E-state index contributed by atoms with van der Waals surface area (Å²) < 4.78 is 19.4. The molecule has 0 fully saturated rings. The number of hydrogen-bond acceptors (Lipinski definition) is 2. The van der Waals surface area contributed by atoms with E-state index in [4.69, 9.17) is 11.2 Å². The molecule has 0 aliphatic rings. The Balaban J connectivity index is 2.76. The highest BCUT2D eigenvalue weighted by Crippen LogP contribution is 2.15. The van der Waals surface area contributed by atoms with E-state index in [1.54, 1.807) is 0 Å². The fraction of sp³-hybridized carbons (Fsp3) is 0.444. The van der Waals surface area contributed by atoms with Crippen molar-refractivity contribution in [2.24, 2.45) is 0 Å². The van der Waals surface area contributed by atoms with Crippen molar-refractivity contribution in [1.82, 2.24) is 9.78 Å². The van der Waals surface area contributed by atoms with Crippen LogP contribution in [-0.2, 0) is 6.54 Å². The summed E-state index contributed by atoms with van der Waals surface area (Å²) in [6.45, 7) is 2.67. The zero-order valence-electron chi connectivity index (χ0n) is 7.46. The van der Waals surface area contributed by atoms with Crippen LogP contribution in [0.5, 0.6) is 5.88 Å². The number of hydrogen-bond donors (Lipinski definition) is 0. The average Bonchev–Trinajstić information content (AvgIpc) is 2.45. The Morgan fingerprint density at radius 1 is 1.77 bits per heavy atom. The summed E-state index contributed by atoms with van der Waals surface area (Å²) in [7, 11) is 0. The van der Waals surface area contributed by atoms with Crippen molar-refractivity contribution in [3.8, 4) is 18.2 Å². The predicted molar refractivity (Wildman–Crippen MR) is 46.8 cm³/mol. The molecule has 0 radical (unpaired) electrons. The zero-order valence-corrected chi connectivity index (χ0v) is 7.46. The lowest BCUT2D eigenvalue weighted by atomic mass is 10.5. The highest BCUT2D eigenvalue weighted by atomic mass is 19.1. The molecule has 70 valence electrons. The van der Waals surface area contributed by atoms with E-state index in [9.17, 15) is 4.39 Å². The van der Waals surface area contributed by atoms with Crippen LogP contribution in [-0.4, -0.2) is 16.4 Å². The maximum Gasteiger partial charge on any atom is 0.249 e. The number of rotatable bonds is 4. The van der Waals surface area contributed by atoms with E-state index in [2.05, 4.69) is 11.0 Å². The van der Waals surface area contributed by atoms with Gasteiger partial charge in [-0.15, -0.1) is 6.42 Å². The van der Waals surface area contributed by atoms with Crippen LogP contribution in [0.25, 0.3) is 0 Å². The van der Waals surface area contributed by atoms with Gasteiger partial charge in [-0.3, -0.25) is 0 Å². The predicted octanol–water partition coefficient (Wildman–Crippen LogP) is 1.44. The van der Waals surface area contributed by atoms with Gasteiger partial charge in [0.05, 0.1) is 6.20 Å². The molecular weight excluding hydrogens is 171 g/mol. The molecule has 0 bridgehead atoms. The van der Waals surface area contributed by atoms with Crippen molar-refractivity contribution in [3.63, 3.8) is 0 Å². The van der Waals surface area contributed by atoms with E-state index in [-0.39, 0.29) is 12.5 Å². The van der Waals surface area contributed by atoms with Crippen molar-refractivity contribution < 1.29 is 9.13 Å². The Labute approximate surface area is 76.5 Å². The van der Waals surface area contributed by atoms with E-state index in [1.807, 2.05) is 6.92 Å². The minimum atomic E-state index is -0.469. The second kappa shape index (κ2) is 4.51. The summed E-state index contributed by atoms with van der Waals surface area (Å²) >= 11 is 0. The first kappa shape index (κ1) is 9.59. The van der Waals surface area contributed by atoms with E-state index in [1.165, 1.54) is 4.68 Å². The van der Waals surface area contributed by atoms with Crippen LogP contribution in [0.15, 0.2) is 6.20 Å². The molecule has 1 rings (SSSR count). The fourth-order valence-corrected chi connectivity index (χ4v) is 0.976. The van der Waals surface area contributed by atoms with Gasteiger partial charge in [-0.1, -0.05) is 12.8 Å². The van der Waals surface area contributed by atoms with Gasteiger partial charge in [-0.05, 0) is 6.42 Å². The number of halogens is 1. The molecule has 0 aromatic carbocycles. The molecule has 0 spiro atoms. The molecule has 1 heterocycles. The number of nitrogens with zero attached hydrogens (tertiary/aromatic N) is 2. The number of terminal acetylenes is 1. The van der Waals surface area contributed by atoms with Gasteiger partial charge in [0.25, 0.3) is 0 Å². The standard InChI is InChI=1S/C9H11FN2O/c1-3-5-12-9(13-6-4-2)8(10)7-11-12/h2,7H,3,5-6H2,1H3. The van der Waals surface area contributed by atoms with Crippen LogP contribution in [0.2, 0.25) is 0 Å². The molecule has 4 heteroatoms. The largest absolute Gasteiger partial charge is 0.463 e. The van der Waals surface area contributed by atoms with Crippen LogP contribution in [0.1, 0.15) is 13.3 Å². The van der Waals surface area contributed by atoms with E-state index < -0.39 is 5.82 Å². The Bertz CT molecular complexity index is 314. The summed E-state index contributed by atoms with van der Waals surface area (Å²) in [6, 6.07) is 0. The lowest BCUT2D eigenvalue weighted by Crippen LogP contribution is -2.05. The van der Waals surface area contributed by atoms with Crippen LogP contribution in [0.4, 0.5) is 4.39 Å². The molecule has 13 heavy (non-hydrogen) atoms. The normalized spacial score (nSPS) is 9.62. The summed E-state index contributed by atoms with van der Waals surface area (Å²) in [5.41, 5.74) is 0. The van der Waals surface area contributed by atoms with Crippen LogP contribution >= 0.6 is 0 Å². The molecule has 0 amide bonds. The first-order valence-corrected chi connectivity index (χ1v) is 4.07. The molecule has 0 saturated heterocycles. The average molecular weight is 182 g/mol. The second-order valence-electron chi connectivity index (χ2n) is 2.51. The Morgan fingerprint density at radius 3 is 3.15 bits per heavy atom. The maximum absolute atomic E-state index is 13.0. The Hall–Kier alpha value is -1.50. The van der Waals surface area contributed by atoms with Gasteiger partial charge in [-0.25, -0.2) is 4.68 Å². The van der Waals surface area contributed by atoms with Crippen LogP contribution in [0, 0.1) is 18.2 Å². The van der Waals surface area contributed by atoms with E-state index in [0.29, 0.717) is 6.54 Å². The molecule has 1 aromatic rings. The van der Waals surface area contributed by atoms with Crippen molar-refractivity contribution in [1.29, 1.82) is 0 Å². The highest BCUT2D eigenvalue weighted by molar-refractivity contribution is 5.12. The van der Waals surface area contributed by atoms with Gasteiger partial charge in [-0.2, -0.15) is 9.49 Å². The summed E-state index contributed by atoms with van der Waals surface area (Å²) in [5.74, 6) is 1.93. The van der Waals surface area contributed by atoms with Gasteiger partial charge in [0, 0.05) is 6.54 Å². The Kier molecular flexibility index (Phi) is 3.32. The Morgan fingerprint density at radius 2 is 2.54 bits per heavy atom. The van der Waals surface area contributed by atoms with Crippen molar-refractivity contribution in [3.05, 3.63) is 12.0 Å². The van der Waals surface area contributed by atoms with E-state index >= 15 is 0 Å². The molecule has 0 aliphatic heterocycles. The topological polar surface area (TPSA) is 27.1 Å². The minimum absolute atomic E-state index is 0.0618. The van der Waals surface area contributed by atoms with E-state index in [0.717, 1.165) is 12.6 Å². The third-order valence-corrected chi connectivity index (χ3v) is 1.48. The van der Waals surface area contributed by atoms with Gasteiger partial charge in [0.2, 0.25) is 11.7 Å². The van der Waals surface area contributed by atoms with Gasteiger partial charge >= 0.3 is 0 Å². The summed E-state index contributed by atoms with van der Waals surface area (Å²) in [5, 5.41) is 3.81. The van der Waals surface area contributed by atoms with Gasteiger partial charge in [0.15, 0.2) is 6.61 Å². The zero-order chi connectivity index (χ0) is 9.68. The third-order valence-electron chi connectivity index (χ3n) is 1.48. The van der Waals surface area contributed by atoms with Crippen molar-refractivity contribution >= 4 is 0 Å². The maximum atomic E-state index is 13.0. The molecule has 0 N–H and O–H groups in total. The number of ether oxygens (including phenoxy) is 1. The van der Waals surface area contributed by atoms with Crippen LogP contribution < -0.4 is 4.74 Å². The van der Waals surface area contributed by atoms with Gasteiger partial charge in [0.1, 0.15) is 0 Å². The SMILES string of the molecule is C#CCOc1c(F)cnn1CCC. The minimum Gasteiger partial charge on any atom is -0.463 e. The molecule has 3 nitrogen and oxygen atoms in total. The summed E-state index contributed by atoms with van der Waals surface area (Å²) in [4.78, 5) is 0. The molecule has 0 saturated carbocycles. The smallest absolute Gasteiger partial charge is 0.249 e. The lowest BCUT2D eigenvalue weighted by Gasteiger charge is -2.05. The highest BCUT2D eigenvalue weighted by Gasteiger charge is 2.10. The lowest BCUT2D eigenvalue weighted by molar-refractivity contribution is 0.308. The fourth-order valence-electron chi connectivity index (χ4n) is 0.976.